The SMILES string of the molecule is CC#Cc1cc[c-]cc1C.[Y]. The van der Waals surface area contributed by atoms with E-state index in [-0.39, 0.29) is 32.7 Å². The van der Waals surface area contributed by atoms with Gasteiger partial charge in [0.15, 0.2) is 0 Å². The number of benzene rings is 1. The zero-order valence-electron chi connectivity index (χ0n) is 6.81. The summed E-state index contributed by atoms with van der Waals surface area (Å²) in [5, 5.41) is 0. The number of rotatable bonds is 0. The minimum absolute atomic E-state index is 0. The van der Waals surface area contributed by atoms with Gasteiger partial charge in [0.05, 0.1) is 0 Å². The van der Waals surface area contributed by atoms with Crippen LogP contribution in [0.2, 0.25) is 0 Å². The first-order valence-electron chi connectivity index (χ1n) is 3.24. The number of hydrogen-bond donors (Lipinski definition) is 0. The van der Waals surface area contributed by atoms with E-state index < -0.39 is 0 Å². The smallest absolute Gasteiger partial charge is 0 e. The fourth-order valence-corrected chi connectivity index (χ4v) is 0.789. The fraction of sp³-hybridized carbons (Fsp3) is 0.200. The zero-order chi connectivity index (χ0) is 7.40. The molecular weight excluding hydrogens is 209 g/mol. The van der Waals surface area contributed by atoms with Crippen molar-refractivity contribution in [2.24, 2.45) is 0 Å². The van der Waals surface area contributed by atoms with E-state index in [9.17, 15) is 0 Å². The Morgan fingerprint density at radius 2 is 2.18 bits per heavy atom. The van der Waals surface area contributed by atoms with Crippen LogP contribution in [-0.4, -0.2) is 0 Å². The Morgan fingerprint density at radius 3 is 2.73 bits per heavy atom. The predicted octanol–water partition coefficient (Wildman–Crippen LogP) is 2.16. The molecular formula is C10H9Y-. The van der Waals surface area contributed by atoms with Gasteiger partial charge in [0.1, 0.15) is 0 Å². The summed E-state index contributed by atoms with van der Waals surface area (Å²) in [5.74, 6) is 5.87. The third-order valence-electron chi connectivity index (χ3n) is 1.33. The van der Waals surface area contributed by atoms with Crippen LogP contribution in [0.25, 0.3) is 0 Å². The van der Waals surface area contributed by atoms with Crippen molar-refractivity contribution in [2.75, 3.05) is 0 Å². The van der Waals surface area contributed by atoms with Crippen LogP contribution in [-0.2, 0) is 32.7 Å². The van der Waals surface area contributed by atoms with Crippen LogP contribution in [0.3, 0.4) is 0 Å². The molecule has 0 fully saturated rings. The normalized spacial score (nSPS) is 7.45. The molecule has 0 aliphatic carbocycles. The zero-order valence-corrected chi connectivity index (χ0v) is 9.65. The summed E-state index contributed by atoms with van der Waals surface area (Å²) in [7, 11) is 0. The van der Waals surface area contributed by atoms with Crippen molar-refractivity contribution in [2.45, 2.75) is 13.8 Å². The van der Waals surface area contributed by atoms with Gasteiger partial charge in [-0.15, -0.1) is 11.5 Å². The summed E-state index contributed by atoms with van der Waals surface area (Å²) in [6.07, 6.45) is 0. The van der Waals surface area contributed by atoms with Crippen LogP contribution < -0.4 is 0 Å². The molecule has 0 aliphatic rings. The molecule has 0 N–H and O–H groups in total. The van der Waals surface area contributed by atoms with Gasteiger partial charge >= 0.3 is 0 Å². The molecule has 0 amide bonds. The topological polar surface area (TPSA) is 0 Å². The predicted molar refractivity (Wildman–Crippen MR) is 42.6 cm³/mol. The van der Waals surface area contributed by atoms with Crippen LogP contribution >= 0.6 is 0 Å². The largest absolute Gasteiger partial charge is 0.183 e. The van der Waals surface area contributed by atoms with Crippen molar-refractivity contribution < 1.29 is 32.7 Å². The maximum atomic E-state index is 3.01. The van der Waals surface area contributed by atoms with Gasteiger partial charge in [-0.2, -0.15) is 24.3 Å². The van der Waals surface area contributed by atoms with Crippen LogP contribution in [0.15, 0.2) is 18.2 Å². The molecule has 1 radical (unpaired) electrons. The summed E-state index contributed by atoms with van der Waals surface area (Å²) in [6.45, 7) is 3.88. The molecule has 0 spiro atoms. The van der Waals surface area contributed by atoms with E-state index in [1.54, 1.807) is 0 Å². The molecule has 0 unspecified atom stereocenters. The van der Waals surface area contributed by atoms with Gasteiger partial charge in [-0.05, 0) is 6.92 Å². The first-order valence-corrected chi connectivity index (χ1v) is 3.24. The maximum Gasteiger partial charge on any atom is 0 e. The van der Waals surface area contributed by atoms with Crippen molar-refractivity contribution >= 4 is 0 Å². The van der Waals surface area contributed by atoms with Crippen molar-refractivity contribution in [3.63, 3.8) is 0 Å². The maximum absolute atomic E-state index is 3.01. The van der Waals surface area contributed by atoms with Gasteiger partial charge in [0.25, 0.3) is 0 Å². The standard InChI is InChI=1S/C10H9.Y/c1-3-6-10-8-5-4-7-9(10)2;/h5,7-8H,1-2H3;/q-1;. The Hall–Kier alpha value is -0.116. The molecule has 0 saturated carbocycles. The monoisotopic (exact) mass is 218 g/mol. The molecule has 0 heterocycles. The average molecular weight is 218 g/mol. The Balaban J connectivity index is 0.000001000. The first kappa shape index (κ1) is 10.9. The molecule has 11 heavy (non-hydrogen) atoms. The number of aryl methyl sites for hydroxylation is 1. The summed E-state index contributed by atoms with van der Waals surface area (Å²) < 4.78 is 0. The Labute approximate surface area is 93.3 Å². The van der Waals surface area contributed by atoms with E-state index >= 15 is 0 Å². The van der Waals surface area contributed by atoms with Gasteiger partial charge in [0, 0.05) is 32.7 Å². The van der Waals surface area contributed by atoms with Gasteiger partial charge in [-0.3, -0.25) is 0 Å². The molecule has 0 nitrogen and oxygen atoms in total. The average Bonchev–Trinajstić information content (AvgIpc) is 1.94. The minimum atomic E-state index is 0. The molecule has 0 bridgehead atoms. The second kappa shape index (κ2) is 5.52. The Kier molecular flexibility index (Phi) is 5.47. The second-order valence-corrected chi connectivity index (χ2v) is 2.12. The van der Waals surface area contributed by atoms with Crippen LogP contribution in [0.1, 0.15) is 18.1 Å². The summed E-state index contributed by atoms with van der Waals surface area (Å²) in [4.78, 5) is 0. The molecule has 1 rings (SSSR count). The summed E-state index contributed by atoms with van der Waals surface area (Å²) >= 11 is 0. The van der Waals surface area contributed by atoms with Crippen LogP contribution in [0, 0.1) is 24.8 Å². The third kappa shape index (κ3) is 3.19. The molecule has 1 aromatic carbocycles. The third-order valence-corrected chi connectivity index (χ3v) is 1.33. The van der Waals surface area contributed by atoms with E-state index in [2.05, 4.69) is 17.9 Å². The van der Waals surface area contributed by atoms with Gasteiger partial charge in [0.2, 0.25) is 0 Å². The molecule has 1 heteroatoms. The summed E-state index contributed by atoms with van der Waals surface area (Å²) in [5.41, 5.74) is 2.29. The molecule has 0 atom stereocenters. The molecule has 1 aromatic rings. The van der Waals surface area contributed by atoms with E-state index in [0.29, 0.717) is 0 Å². The summed E-state index contributed by atoms with van der Waals surface area (Å²) in [6, 6.07) is 8.80. The van der Waals surface area contributed by atoms with Gasteiger partial charge in [-0.25, -0.2) is 0 Å². The van der Waals surface area contributed by atoms with Crippen molar-refractivity contribution in [3.8, 4) is 11.8 Å². The van der Waals surface area contributed by atoms with Gasteiger partial charge < -0.3 is 0 Å². The van der Waals surface area contributed by atoms with E-state index in [0.717, 1.165) is 5.56 Å². The Bertz CT molecular complexity index is 278. The van der Waals surface area contributed by atoms with Crippen LogP contribution in [0.4, 0.5) is 0 Å². The molecule has 53 valence electrons. The minimum Gasteiger partial charge on any atom is -0.183 e. The second-order valence-electron chi connectivity index (χ2n) is 2.12. The fourth-order valence-electron chi connectivity index (χ4n) is 0.789. The van der Waals surface area contributed by atoms with Crippen molar-refractivity contribution in [1.82, 2.24) is 0 Å². The molecule has 0 aliphatic heterocycles. The van der Waals surface area contributed by atoms with E-state index in [1.165, 1.54) is 5.56 Å². The van der Waals surface area contributed by atoms with E-state index in [1.807, 2.05) is 32.0 Å². The van der Waals surface area contributed by atoms with Gasteiger partial charge in [-0.1, -0.05) is 18.4 Å². The number of hydrogen-bond acceptors (Lipinski definition) is 0. The quantitative estimate of drug-likeness (QED) is 0.462. The van der Waals surface area contributed by atoms with Crippen molar-refractivity contribution in [1.29, 1.82) is 0 Å². The van der Waals surface area contributed by atoms with Crippen LogP contribution in [0.5, 0.6) is 0 Å². The Morgan fingerprint density at radius 1 is 1.45 bits per heavy atom. The van der Waals surface area contributed by atoms with E-state index in [4.69, 9.17) is 0 Å². The first-order chi connectivity index (χ1) is 4.84. The van der Waals surface area contributed by atoms with Crippen molar-refractivity contribution in [3.05, 3.63) is 35.4 Å². The molecule has 0 aromatic heterocycles. The molecule has 0 saturated heterocycles.